The van der Waals surface area contributed by atoms with E-state index in [-0.39, 0.29) is 11.7 Å². The van der Waals surface area contributed by atoms with Gasteiger partial charge >= 0.3 is 0 Å². The van der Waals surface area contributed by atoms with Crippen LogP contribution < -0.4 is 10.6 Å². The van der Waals surface area contributed by atoms with Crippen LogP contribution in [0.4, 0.5) is 27.5 Å². The Hall–Kier alpha value is -3.53. The van der Waals surface area contributed by atoms with Crippen molar-refractivity contribution in [3.8, 4) is 0 Å². The topological polar surface area (TPSA) is 86.2 Å². The second-order valence-corrected chi connectivity index (χ2v) is 10.3. The van der Waals surface area contributed by atoms with E-state index in [1.165, 1.54) is 6.07 Å². The van der Waals surface area contributed by atoms with Crippen LogP contribution in [0.2, 0.25) is 0 Å². The van der Waals surface area contributed by atoms with Gasteiger partial charge in [-0.3, -0.25) is 4.98 Å². The van der Waals surface area contributed by atoms with Gasteiger partial charge in [-0.25, -0.2) is 13.7 Å². The van der Waals surface area contributed by atoms with Gasteiger partial charge in [-0.2, -0.15) is 4.98 Å². The fourth-order valence-corrected chi connectivity index (χ4v) is 5.29. The van der Waals surface area contributed by atoms with E-state index >= 15 is 0 Å². The Kier molecular flexibility index (Phi) is 7.93. The normalized spacial score (nSPS) is 15.3. The number of benzene rings is 2. The Balaban J connectivity index is 1.13. The number of aliphatic hydroxyl groups excluding tert-OH is 1. The summed E-state index contributed by atoms with van der Waals surface area (Å²) in [7, 11) is 0. The maximum absolute atomic E-state index is 13.5. The first-order valence-electron chi connectivity index (χ1n) is 12.3. The minimum Gasteiger partial charge on any atom is -0.388 e. The predicted molar refractivity (Wildman–Crippen MR) is 146 cm³/mol. The molecule has 0 spiro atoms. The Labute approximate surface area is 220 Å². The van der Waals surface area contributed by atoms with E-state index in [1.54, 1.807) is 55.7 Å². The fraction of sp³-hybridized carbons (Fsp3) is 0.250. The lowest BCUT2D eigenvalue weighted by Gasteiger charge is -2.33. The molecule has 0 bridgehead atoms. The molecule has 0 amide bonds. The molecule has 0 saturated carbocycles. The monoisotopic (exact) mass is 516 g/mol. The number of nitrogens with one attached hydrogen (secondary N) is 2. The van der Waals surface area contributed by atoms with Crippen LogP contribution in [0, 0.1) is 18.7 Å². The minimum atomic E-state index is -0.457. The van der Waals surface area contributed by atoms with Crippen molar-refractivity contribution in [3.05, 3.63) is 96.2 Å². The number of halogens is 1. The van der Waals surface area contributed by atoms with Crippen LogP contribution >= 0.6 is 11.9 Å². The molecule has 0 aliphatic carbocycles. The van der Waals surface area contributed by atoms with Crippen LogP contribution in [0.1, 0.15) is 30.1 Å². The molecule has 3 heterocycles. The van der Waals surface area contributed by atoms with Crippen molar-refractivity contribution in [1.82, 2.24) is 19.3 Å². The Bertz CT molecular complexity index is 1320. The van der Waals surface area contributed by atoms with E-state index in [2.05, 4.69) is 42.0 Å². The molecule has 1 saturated heterocycles. The quantitative estimate of drug-likeness (QED) is 0.237. The van der Waals surface area contributed by atoms with E-state index < -0.39 is 6.10 Å². The van der Waals surface area contributed by atoms with Crippen molar-refractivity contribution in [3.63, 3.8) is 0 Å². The highest BCUT2D eigenvalue weighted by Crippen LogP contribution is 2.34. The van der Waals surface area contributed by atoms with Crippen molar-refractivity contribution in [1.29, 1.82) is 0 Å². The van der Waals surface area contributed by atoms with Crippen molar-refractivity contribution in [2.45, 2.75) is 30.8 Å². The van der Waals surface area contributed by atoms with Gasteiger partial charge in [0.1, 0.15) is 11.6 Å². The molecular weight excluding hydrogens is 487 g/mol. The second-order valence-electron chi connectivity index (χ2n) is 9.09. The van der Waals surface area contributed by atoms with Gasteiger partial charge in [0.25, 0.3) is 0 Å². The van der Waals surface area contributed by atoms with Gasteiger partial charge in [-0.05, 0) is 103 Å². The predicted octanol–water partition coefficient (Wildman–Crippen LogP) is 6.26. The number of nitrogens with zero attached hydrogens (tertiary/aromatic N) is 4. The lowest BCUT2D eigenvalue weighted by Crippen LogP contribution is -2.31. The van der Waals surface area contributed by atoms with E-state index in [1.807, 2.05) is 24.3 Å². The smallest absolute Gasteiger partial charge is 0.229 e. The maximum atomic E-state index is 13.5. The van der Waals surface area contributed by atoms with Crippen molar-refractivity contribution >= 4 is 35.1 Å². The molecule has 1 fully saturated rings. The zero-order valence-electron chi connectivity index (χ0n) is 20.5. The van der Waals surface area contributed by atoms with Gasteiger partial charge in [-0.15, -0.1) is 0 Å². The molecule has 9 heteroatoms. The van der Waals surface area contributed by atoms with Gasteiger partial charge < -0.3 is 15.7 Å². The third-order valence-electron chi connectivity index (χ3n) is 6.40. The lowest BCUT2D eigenvalue weighted by atomic mass is 9.89. The highest BCUT2D eigenvalue weighted by molar-refractivity contribution is 7.97. The molecule has 1 aliphatic heterocycles. The average molecular weight is 517 g/mol. The first-order chi connectivity index (χ1) is 18.0. The Morgan fingerprint density at radius 1 is 1.00 bits per heavy atom. The number of hydrogen-bond acceptors (Lipinski definition) is 8. The third-order valence-corrected chi connectivity index (χ3v) is 7.51. The zero-order chi connectivity index (χ0) is 25.6. The molecule has 3 N–H and O–H groups in total. The summed E-state index contributed by atoms with van der Waals surface area (Å²) >= 11 is 1.74. The second kappa shape index (κ2) is 11.7. The van der Waals surface area contributed by atoms with Gasteiger partial charge in [0.05, 0.1) is 6.10 Å². The van der Waals surface area contributed by atoms with Gasteiger partial charge in [0.2, 0.25) is 5.95 Å². The fourth-order valence-electron chi connectivity index (χ4n) is 4.34. The maximum Gasteiger partial charge on any atom is 0.229 e. The van der Waals surface area contributed by atoms with Crippen LogP contribution in [0.3, 0.4) is 0 Å². The summed E-state index contributed by atoms with van der Waals surface area (Å²) in [5.41, 5.74) is 3.12. The minimum absolute atomic E-state index is 0.235. The third kappa shape index (κ3) is 6.62. The van der Waals surface area contributed by atoms with E-state index in [0.717, 1.165) is 47.8 Å². The molecule has 190 valence electrons. The van der Waals surface area contributed by atoms with Gasteiger partial charge in [0.15, 0.2) is 0 Å². The molecule has 1 aliphatic rings. The lowest BCUT2D eigenvalue weighted by molar-refractivity contribution is 0.0775. The summed E-state index contributed by atoms with van der Waals surface area (Å²) in [5, 5.41) is 17.1. The number of aromatic nitrogens is 3. The highest BCUT2D eigenvalue weighted by atomic mass is 32.2. The standard InChI is InChI=1S/C28H29FN6OS/c1-19-17-23(6-9-25(19)29)32-26-10-14-31-28(34-26)33-22-4-7-24(8-5-22)37-35-15-11-20(12-16-35)27(36)21-3-2-13-30-18-21/h2-10,13-14,17-18,20,27,36H,11-12,15-16H2,1H3,(H2,31,32,33,34). The van der Waals surface area contributed by atoms with Crippen molar-refractivity contribution < 1.29 is 9.50 Å². The van der Waals surface area contributed by atoms with E-state index in [0.29, 0.717) is 17.3 Å². The molecule has 2 aromatic heterocycles. The summed E-state index contributed by atoms with van der Waals surface area (Å²) in [6, 6.07) is 18.6. The van der Waals surface area contributed by atoms with Crippen LogP contribution in [-0.4, -0.2) is 37.5 Å². The van der Waals surface area contributed by atoms with Crippen molar-refractivity contribution in [2.24, 2.45) is 5.92 Å². The zero-order valence-corrected chi connectivity index (χ0v) is 21.3. The molecule has 0 radical (unpaired) electrons. The molecule has 7 nitrogen and oxygen atoms in total. The van der Waals surface area contributed by atoms with Crippen LogP contribution in [0.25, 0.3) is 0 Å². The number of hydrogen-bond donors (Lipinski definition) is 3. The highest BCUT2D eigenvalue weighted by Gasteiger charge is 2.26. The van der Waals surface area contributed by atoms with Crippen LogP contribution in [-0.2, 0) is 0 Å². The summed E-state index contributed by atoms with van der Waals surface area (Å²) in [5.74, 6) is 1.11. The summed E-state index contributed by atoms with van der Waals surface area (Å²) in [6.45, 7) is 3.58. The number of piperidine rings is 1. The van der Waals surface area contributed by atoms with Crippen LogP contribution in [0.15, 0.2) is 84.1 Å². The average Bonchev–Trinajstić information content (AvgIpc) is 2.93. The van der Waals surface area contributed by atoms with Gasteiger partial charge in [-0.1, -0.05) is 6.07 Å². The number of pyridine rings is 1. The molecule has 1 unspecified atom stereocenters. The van der Waals surface area contributed by atoms with Crippen molar-refractivity contribution in [2.75, 3.05) is 23.7 Å². The van der Waals surface area contributed by atoms with E-state index in [4.69, 9.17) is 0 Å². The Morgan fingerprint density at radius 3 is 2.51 bits per heavy atom. The molecule has 4 aromatic rings. The van der Waals surface area contributed by atoms with Crippen LogP contribution in [0.5, 0.6) is 0 Å². The summed E-state index contributed by atoms with van der Waals surface area (Å²) in [6.07, 6.45) is 6.60. The SMILES string of the molecule is Cc1cc(Nc2ccnc(Nc3ccc(SN4CCC(C(O)c5cccnc5)CC4)cc3)n2)ccc1F. The number of rotatable bonds is 8. The largest absolute Gasteiger partial charge is 0.388 e. The first-order valence-corrected chi connectivity index (χ1v) is 13.0. The molecule has 37 heavy (non-hydrogen) atoms. The molecular formula is C28H29FN6OS. The van der Waals surface area contributed by atoms with E-state index in [9.17, 15) is 9.50 Å². The Morgan fingerprint density at radius 2 is 1.78 bits per heavy atom. The number of anilines is 4. The number of aliphatic hydroxyl groups is 1. The summed E-state index contributed by atoms with van der Waals surface area (Å²) < 4.78 is 15.9. The molecule has 5 rings (SSSR count). The first kappa shape index (κ1) is 25.1. The molecule has 2 aromatic carbocycles. The summed E-state index contributed by atoms with van der Waals surface area (Å²) in [4.78, 5) is 14.1. The molecule has 1 atom stereocenters. The number of aryl methyl sites for hydroxylation is 1. The van der Waals surface area contributed by atoms with Gasteiger partial charge in [0, 0.05) is 48.0 Å².